The summed E-state index contributed by atoms with van der Waals surface area (Å²) < 4.78 is 40.1. The fourth-order valence-corrected chi connectivity index (χ4v) is 3.33. The molecule has 1 aliphatic heterocycles. The molecule has 132 valence electrons. The van der Waals surface area contributed by atoms with Gasteiger partial charge in [0.1, 0.15) is 6.04 Å². The zero-order valence-electron chi connectivity index (χ0n) is 13.4. The molecule has 2 aliphatic rings. The third-order valence-corrected chi connectivity index (χ3v) is 4.94. The maximum atomic E-state index is 13.4. The number of halogens is 3. The van der Waals surface area contributed by atoms with E-state index in [1.54, 1.807) is 0 Å². The molecule has 4 nitrogen and oxygen atoms in total. The highest BCUT2D eigenvalue weighted by Crippen LogP contribution is 2.48. The van der Waals surface area contributed by atoms with Crippen LogP contribution in [0.4, 0.5) is 13.2 Å². The Bertz CT molecular complexity index is 566. The van der Waals surface area contributed by atoms with Gasteiger partial charge in [0.15, 0.2) is 0 Å². The van der Waals surface area contributed by atoms with Crippen molar-refractivity contribution in [2.24, 2.45) is 0 Å². The highest BCUT2D eigenvalue weighted by atomic mass is 19.4. The van der Waals surface area contributed by atoms with Gasteiger partial charge in [0.05, 0.1) is 5.41 Å². The first-order valence-electron chi connectivity index (χ1n) is 8.29. The van der Waals surface area contributed by atoms with Crippen LogP contribution in [0.3, 0.4) is 0 Å². The predicted octanol–water partition coefficient (Wildman–Crippen LogP) is 1.67. The minimum absolute atomic E-state index is 0.293. The Morgan fingerprint density at radius 2 is 1.83 bits per heavy atom. The first-order chi connectivity index (χ1) is 11.4. The fraction of sp³-hybridized carbons (Fsp3) is 0.588. The molecule has 1 saturated carbocycles. The number of alkyl halides is 3. The lowest BCUT2D eigenvalue weighted by atomic mass is 9.95. The van der Waals surface area contributed by atoms with E-state index in [0.717, 1.165) is 5.56 Å². The summed E-state index contributed by atoms with van der Waals surface area (Å²) in [6, 6.07) is 7.66. The molecule has 2 N–H and O–H groups in total. The number of carbonyl (C=O) groups excluding carboxylic acids is 1. The molecule has 1 aliphatic carbocycles. The minimum atomic E-state index is -4.35. The average Bonchev–Trinajstić information content (AvgIpc) is 3.37. The number of nitrogens with zero attached hydrogens (tertiary/aromatic N) is 1. The molecule has 0 bridgehead atoms. The molecule has 0 aromatic heterocycles. The van der Waals surface area contributed by atoms with Crippen molar-refractivity contribution in [2.45, 2.75) is 30.5 Å². The monoisotopic (exact) mass is 341 g/mol. The van der Waals surface area contributed by atoms with Crippen molar-refractivity contribution >= 4 is 5.91 Å². The Labute approximate surface area is 139 Å². The highest BCUT2D eigenvalue weighted by molar-refractivity contribution is 5.91. The van der Waals surface area contributed by atoms with Gasteiger partial charge in [0.25, 0.3) is 0 Å². The van der Waals surface area contributed by atoms with Gasteiger partial charge in [-0.2, -0.15) is 13.2 Å². The second-order valence-electron chi connectivity index (χ2n) is 6.50. The van der Waals surface area contributed by atoms with Gasteiger partial charge in [-0.05, 0) is 18.4 Å². The van der Waals surface area contributed by atoms with E-state index >= 15 is 0 Å². The zero-order valence-corrected chi connectivity index (χ0v) is 13.4. The molecule has 1 amide bonds. The van der Waals surface area contributed by atoms with Gasteiger partial charge in [0, 0.05) is 32.7 Å². The minimum Gasteiger partial charge on any atom is -0.353 e. The fourth-order valence-electron chi connectivity index (χ4n) is 3.33. The van der Waals surface area contributed by atoms with Crippen molar-refractivity contribution in [3.8, 4) is 0 Å². The SMILES string of the molecule is O=C(NCC(N1CCNCC1)C(F)(F)F)C1(c2ccccc2)CC1. The van der Waals surface area contributed by atoms with Gasteiger partial charge >= 0.3 is 6.18 Å². The van der Waals surface area contributed by atoms with Crippen molar-refractivity contribution in [1.82, 2.24) is 15.5 Å². The van der Waals surface area contributed by atoms with Crippen LogP contribution in [0, 0.1) is 0 Å². The quantitative estimate of drug-likeness (QED) is 0.856. The Morgan fingerprint density at radius 3 is 2.38 bits per heavy atom. The van der Waals surface area contributed by atoms with Crippen molar-refractivity contribution in [3.63, 3.8) is 0 Å². The summed E-state index contributed by atoms with van der Waals surface area (Å²) in [7, 11) is 0. The second-order valence-corrected chi connectivity index (χ2v) is 6.50. The lowest BCUT2D eigenvalue weighted by Crippen LogP contribution is -2.58. The van der Waals surface area contributed by atoms with Crippen LogP contribution < -0.4 is 10.6 Å². The Morgan fingerprint density at radius 1 is 1.21 bits per heavy atom. The Kier molecular flexibility index (Phi) is 4.83. The van der Waals surface area contributed by atoms with E-state index < -0.39 is 24.2 Å². The molecule has 1 atom stereocenters. The van der Waals surface area contributed by atoms with Crippen molar-refractivity contribution in [1.29, 1.82) is 0 Å². The highest BCUT2D eigenvalue weighted by Gasteiger charge is 2.52. The van der Waals surface area contributed by atoms with Crippen LogP contribution in [0.2, 0.25) is 0 Å². The van der Waals surface area contributed by atoms with Crippen LogP contribution in [-0.2, 0) is 10.2 Å². The first-order valence-corrected chi connectivity index (χ1v) is 8.29. The molecule has 2 fully saturated rings. The van der Waals surface area contributed by atoms with Gasteiger partial charge in [-0.25, -0.2) is 0 Å². The summed E-state index contributed by atoms with van der Waals surface area (Å²) in [4.78, 5) is 13.9. The standard InChI is InChI=1S/C17H22F3N3O/c18-17(19,20)14(23-10-8-21-9-11-23)12-22-15(24)16(6-7-16)13-4-2-1-3-5-13/h1-5,14,21H,6-12H2,(H,22,24). The first kappa shape index (κ1) is 17.2. The summed E-state index contributed by atoms with van der Waals surface area (Å²) >= 11 is 0. The van der Waals surface area contributed by atoms with E-state index in [4.69, 9.17) is 0 Å². The van der Waals surface area contributed by atoms with Crippen molar-refractivity contribution < 1.29 is 18.0 Å². The molecule has 3 rings (SSSR count). The number of nitrogens with one attached hydrogen (secondary N) is 2. The molecule has 1 aromatic carbocycles. The number of piperazine rings is 1. The molecule has 0 spiro atoms. The number of carbonyl (C=O) groups is 1. The third kappa shape index (κ3) is 3.57. The van der Waals surface area contributed by atoms with E-state index in [1.165, 1.54) is 4.90 Å². The number of amides is 1. The maximum Gasteiger partial charge on any atom is 0.405 e. The second kappa shape index (κ2) is 6.72. The van der Waals surface area contributed by atoms with E-state index in [9.17, 15) is 18.0 Å². The lowest BCUT2D eigenvalue weighted by Gasteiger charge is -2.36. The van der Waals surface area contributed by atoms with Crippen LogP contribution in [0.1, 0.15) is 18.4 Å². The largest absolute Gasteiger partial charge is 0.405 e. The predicted molar refractivity (Wildman–Crippen MR) is 84.6 cm³/mol. The van der Waals surface area contributed by atoms with Gasteiger partial charge in [-0.3, -0.25) is 9.69 Å². The zero-order chi connectivity index (χ0) is 17.2. The third-order valence-electron chi connectivity index (χ3n) is 4.94. The van der Waals surface area contributed by atoms with E-state index in [1.807, 2.05) is 30.3 Å². The Balaban J connectivity index is 1.65. The van der Waals surface area contributed by atoms with Gasteiger partial charge in [-0.15, -0.1) is 0 Å². The normalized spacial score (nSPS) is 22.0. The summed E-state index contributed by atoms with van der Waals surface area (Å²) in [6.07, 6.45) is -2.98. The van der Waals surface area contributed by atoms with Crippen molar-refractivity contribution in [3.05, 3.63) is 35.9 Å². The van der Waals surface area contributed by atoms with Crippen LogP contribution in [-0.4, -0.2) is 55.7 Å². The Hall–Kier alpha value is -1.60. The van der Waals surface area contributed by atoms with E-state index in [2.05, 4.69) is 10.6 Å². The molecule has 1 aromatic rings. The van der Waals surface area contributed by atoms with Crippen LogP contribution >= 0.6 is 0 Å². The topological polar surface area (TPSA) is 44.4 Å². The number of hydrogen-bond donors (Lipinski definition) is 2. The van der Waals surface area contributed by atoms with Gasteiger partial charge in [0.2, 0.25) is 5.91 Å². The molecule has 7 heteroatoms. The number of benzene rings is 1. The van der Waals surface area contributed by atoms with Gasteiger partial charge in [-0.1, -0.05) is 30.3 Å². The number of hydrogen-bond acceptors (Lipinski definition) is 3. The number of rotatable bonds is 5. The molecular weight excluding hydrogens is 319 g/mol. The van der Waals surface area contributed by atoms with Crippen molar-refractivity contribution in [2.75, 3.05) is 32.7 Å². The summed E-state index contributed by atoms with van der Waals surface area (Å²) in [6.45, 7) is 1.35. The van der Waals surface area contributed by atoms with E-state index in [-0.39, 0.29) is 5.91 Å². The van der Waals surface area contributed by atoms with Gasteiger partial charge < -0.3 is 10.6 Å². The van der Waals surface area contributed by atoms with Crippen LogP contribution in [0.15, 0.2) is 30.3 Å². The average molecular weight is 341 g/mol. The smallest absolute Gasteiger partial charge is 0.353 e. The van der Waals surface area contributed by atoms with Crippen LogP contribution in [0.5, 0.6) is 0 Å². The maximum absolute atomic E-state index is 13.4. The molecule has 1 unspecified atom stereocenters. The van der Waals surface area contributed by atoms with Crippen LogP contribution in [0.25, 0.3) is 0 Å². The molecule has 0 radical (unpaired) electrons. The van der Waals surface area contributed by atoms with E-state index in [0.29, 0.717) is 39.0 Å². The summed E-state index contributed by atoms with van der Waals surface area (Å²) in [5.74, 6) is -0.293. The molecular formula is C17H22F3N3O. The molecule has 1 saturated heterocycles. The molecule has 1 heterocycles. The summed E-state index contributed by atoms with van der Waals surface area (Å²) in [5.41, 5.74) is 0.245. The molecule has 24 heavy (non-hydrogen) atoms. The lowest BCUT2D eigenvalue weighted by molar-refractivity contribution is -0.184. The summed E-state index contributed by atoms with van der Waals surface area (Å²) in [5, 5.41) is 5.61.